The van der Waals surface area contributed by atoms with Gasteiger partial charge in [0.2, 0.25) is 0 Å². The molecular weight excluding hydrogens is 394 g/mol. The van der Waals surface area contributed by atoms with Crippen LogP contribution in [0.1, 0.15) is 15.9 Å². The van der Waals surface area contributed by atoms with Gasteiger partial charge in [-0.2, -0.15) is 0 Å². The van der Waals surface area contributed by atoms with Gasteiger partial charge in [0.25, 0.3) is 5.91 Å². The summed E-state index contributed by atoms with van der Waals surface area (Å²) in [5, 5.41) is 3.60. The summed E-state index contributed by atoms with van der Waals surface area (Å²) >= 11 is 7.59. The van der Waals surface area contributed by atoms with Crippen LogP contribution in [0.2, 0.25) is 5.02 Å². The van der Waals surface area contributed by atoms with Crippen molar-refractivity contribution in [1.29, 1.82) is 0 Å². The van der Waals surface area contributed by atoms with Crippen molar-refractivity contribution in [3.63, 3.8) is 0 Å². The fraction of sp³-hybridized carbons (Fsp3) is 0.136. The molecule has 28 heavy (non-hydrogen) atoms. The van der Waals surface area contributed by atoms with E-state index in [9.17, 15) is 4.79 Å². The van der Waals surface area contributed by atoms with E-state index in [0.29, 0.717) is 27.8 Å². The largest absolute Gasteiger partial charge is 0.496 e. The molecule has 1 N–H and O–H groups in total. The van der Waals surface area contributed by atoms with Crippen LogP contribution in [-0.2, 0) is 5.75 Å². The Morgan fingerprint density at radius 1 is 0.964 bits per heavy atom. The van der Waals surface area contributed by atoms with Crippen LogP contribution in [0, 0.1) is 0 Å². The van der Waals surface area contributed by atoms with Crippen LogP contribution in [0.15, 0.2) is 71.6 Å². The molecule has 0 bridgehead atoms. The molecule has 0 aliphatic carbocycles. The van der Waals surface area contributed by atoms with E-state index in [0.717, 1.165) is 16.2 Å². The third kappa shape index (κ3) is 5.00. The average molecular weight is 414 g/mol. The number of ether oxygens (including phenoxy) is 2. The fourth-order valence-electron chi connectivity index (χ4n) is 2.67. The van der Waals surface area contributed by atoms with E-state index in [1.54, 1.807) is 44.2 Å². The summed E-state index contributed by atoms with van der Waals surface area (Å²) in [6, 6.07) is 20.4. The number of nitrogens with one attached hydrogen (secondary N) is 1. The maximum Gasteiger partial charge on any atom is 0.255 e. The molecule has 6 heteroatoms. The van der Waals surface area contributed by atoms with Gasteiger partial charge in [0.1, 0.15) is 11.5 Å². The number of benzene rings is 3. The van der Waals surface area contributed by atoms with Crippen LogP contribution in [0.25, 0.3) is 0 Å². The molecule has 3 aromatic rings. The zero-order valence-electron chi connectivity index (χ0n) is 15.6. The quantitative estimate of drug-likeness (QED) is 0.490. The minimum Gasteiger partial charge on any atom is -0.496 e. The molecule has 0 atom stereocenters. The van der Waals surface area contributed by atoms with Gasteiger partial charge in [-0.25, -0.2) is 0 Å². The number of carbonyl (C=O) groups is 1. The van der Waals surface area contributed by atoms with E-state index >= 15 is 0 Å². The van der Waals surface area contributed by atoms with Gasteiger partial charge in [-0.15, -0.1) is 11.8 Å². The highest BCUT2D eigenvalue weighted by atomic mass is 35.5. The van der Waals surface area contributed by atoms with Gasteiger partial charge in [-0.05, 0) is 54.6 Å². The first-order chi connectivity index (χ1) is 13.6. The van der Waals surface area contributed by atoms with Gasteiger partial charge in [0.15, 0.2) is 0 Å². The molecule has 0 saturated carbocycles. The molecule has 4 nitrogen and oxygen atoms in total. The van der Waals surface area contributed by atoms with Crippen molar-refractivity contribution in [3.8, 4) is 11.5 Å². The van der Waals surface area contributed by atoms with Gasteiger partial charge in [-0.1, -0.05) is 23.7 Å². The summed E-state index contributed by atoms with van der Waals surface area (Å²) in [7, 11) is 3.20. The van der Waals surface area contributed by atoms with Crippen molar-refractivity contribution in [2.45, 2.75) is 10.6 Å². The molecular formula is C22H20ClNO3S. The number of rotatable bonds is 7. The highest BCUT2D eigenvalue weighted by Crippen LogP contribution is 2.30. The Morgan fingerprint density at radius 2 is 1.68 bits per heavy atom. The molecule has 3 rings (SSSR count). The molecule has 1 amide bonds. The van der Waals surface area contributed by atoms with Crippen molar-refractivity contribution in [3.05, 3.63) is 82.9 Å². The van der Waals surface area contributed by atoms with Crippen LogP contribution < -0.4 is 14.8 Å². The number of halogens is 1. The molecule has 144 valence electrons. The molecule has 0 saturated heterocycles. The molecule has 0 aliphatic rings. The number of hydrogen-bond donors (Lipinski definition) is 1. The molecule has 0 spiro atoms. The van der Waals surface area contributed by atoms with Gasteiger partial charge < -0.3 is 14.8 Å². The molecule has 0 radical (unpaired) electrons. The standard InChI is InChI=1S/C22H20ClNO3S/c1-26-20-12-7-15(22(25)24-19-5-3-4-6-21(19)27-2)13-16(20)14-28-18-10-8-17(23)9-11-18/h3-13H,14H2,1-2H3,(H,24,25). The molecule has 0 unspecified atom stereocenters. The van der Waals surface area contributed by atoms with Crippen molar-refractivity contribution < 1.29 is 14.3 Å². The summed E-state index contributed by atoms with van der Waals surface area (Å²) < 4.78 is 10.7. The van der Waals surface area contributed by atoms with Crippen LogP contribution in [0.4, 0.5) is 5.69 Å². The number of anilines is 1. The lowest BCUT2D eigenvalue weighted by Crippen LogP contribution is -2.13. The Bertz CT molecular complexity index is 960. The van der Waals surface area contributed by atoms with E-state index in [1.807, 2.05) is 48.5 Å². The molecule has 0 heterocycles. The van der Waals surface area contributed by atoms with E-state index in [1.165, 1.54) is 0 Å². The number of para-hydroxylation sites is 2. The number of hydrogen-bond acceptors (Lipinski definition) is 4. The molecule has 3 aromatic carbocycles. The smallest absolute Gasteiger partial charge is 0.255 e. The Morgan fingerprint density at radius 3 is 2.39 bits per heavy atom. The summed E-state index contributed by atoms with van der Waals surface area (Å²) in [5.41, 5.74) is 2.12. The maximum absolute atomic E-state index is 12.7. The Labute approximate surface area is 173 Å². The fourth-order valence-corrected chi connectivity index (χ4v) is 3.67. The van der Waals surface area contributed by atoms with Gasteiger partial charge >= 0.3 is 0 Å². The minimum absolute atomic E-state index is 0.204. The zero-order valence-corrected chi connectivity index (χ0v) is 17.1. The number of thioether (sulfide) groups is 1. The lowest BCUT2D eigenvalue weighted by atomic mass is 10.1. The third-order valence-electron chi connectivity index (χ3n) is 4.11. The minimum atomic E-state index is -0.204. The zero-order chi connectivity index (χ0) is 19.9. The average Bonchev–Trinajstić information content (AvgIpc) is 2.73. The molecule has 0 aromatic heterocycles. The highest BCUT2D eigenvalue weighted by molar-refractivity contribution is 7.98. The Kier molecular flexibility index (Phi) is 6.85. The SMILES string of the molecule is COc1ccc(C(=O)Nc2ccccc2OC)cc1CSc1ccc(Cl)cc1. The predicted molar refractivity (Wildman–Crippen MR) is 115 cm³/mol. The van der Waals surface area contributed by atoms with Crippen molar-refractivity contribution >= 4 is 35.0 Å². The first-order valence-corrected chi connectivity index (χ1v) is 9.96. The summed E-state index contributed by atoms with van der Waals surface area (Å²) in [6.45, 7) is 0. The van der Waals surface area contributed by atoms with Crippen molar-refractivity contribution in [2.24, 2.45) is 0 Å². The van der Waals surface area contributed by atoms with Crippen LogP contribution in [0.3, 0.4) is 0 Å². The van der Waals surface area contributed by atoms with Crippen molar-refractivity contribution in [2.75, 3.05) is 19.5 Å². The van der Waals surface area contributed by atoms with E-state index in [-0.39, 0.29) is 5.91 Å². The van der Waals surface area contributed by atoms with E-state index in [2.05, 4.69) is 5.32 Å². The first kappa shape index (κ1) is 20.1. The number of carbonyl (C=O) groups excluding carboxylic acids is 1. The van der Waals surface area contributed by atoms with Gasteiger partial charge in [0, 0.05) is 26.8 Å². The normalized spacial score (nSPS) is 10.4. The number of amides is 1. The molecule has 0 aliphatic heterocycles. The first-order valence-electron chi connectivity index (χ1n) is 8.60. The predicted octanol–water partition coefficient (Wildman–Crippen LogP) is 5.90. The monoisotopic (exact) mass is 413 g/mol. The van der Waals surface area contributed by atoms with Crippen LogP contribution >= 0.6 is 23.4 Å². The summed E-state index contributed by atoms with van der Waals surface area (Å²) in [6.07, 6.45) is 0. The highest BCUT2D eigenvalue weighted by Gasteiger charge is 2.13. The number of methoxy groups -OCH3 is 2. The van der Waals surface area contributed by atoms with Gasteiger partial charge in [0.05, 0.1) is 19.9 Å². The topological polar surface area (TPSA) is 47.6 Å². The second-order valence-corrected chi connectivity index (χ2v) is 7.41. The van der Waals surface area contributed by atoms with Crippen LogP contribution in [0.5, 0.6) is 11.5 Å². The van der Waals surface area contributed by atoms with E-state index in [4.69, 9.17) is 21.1 Å². The third-order valence-corrected chi connectivity index (χ3v) is 5.42. The maximum atomic E-state index is 12.7. The Balaban J connectivity index is 1.77. The van der Waals surface area contributed by atoms with Crippen molar-refractivity contribution in [1.82, 2.24) is 0 Å². The second kappa shape index (κ2) is 9.53. The molecule has 0 fully saturated rings. The van der Waals surface area contributed by atoms with Gasteiger partial charge in [-0.3, -0.25) is 4.79 Å². The lowest BCUT2D eigenvalue weighted by Gasteiger charge is -2.12. The van der Waals surface area contributed by atoms with E-state index < -0.39 is 0 Å². The summed E-state index contributed by atoms with van der Waals surface area (Å²) in [4.78, 5) is 13.8. The second-order valence-electron chi connectivity index (χ2n) is 5.92. The Hall–Kier alpha value is -2.63. The summed E-state index contributed by atoms with van der Waals surface area (Å²) in [5.74, 6) is 1.82. The van der Waals surface area contributed by atoms with Crippen LogP contribution in [-0.4, -0.2) is 20.1 Å². The lowest BCUT2D eigenvalue weighted by molar-refractivity contribution is 0.102.